The Labute approximate surface area is 148 Å². The minimum atomic E-state index is -0.377. The first kappa shape index (κ1) is 16.2. The van der Waals surface area contributed by atoms with Crippen LogP contribution in [0.3, 0.4) is 0 Å². The van der Waals surface area contributed by atoms with Gasteiger partial charge in [0.15, 0.2) is 11.2 Å². The minimum Gasteiger partial charge on any atom is -0.332 e. The van der Waals surface area contributed by atoms with Gasteiger partial charge in [0.2, 0.25) is 0 Å². The third-order valence-electron chi connectivity index (χ3n) is 4.12. The van der Waals surface area contributed by atoms with Crippen molar-refractivity contribution < 1.29 is 4.39 Å². The number of aromatic nitrogens is 6. The maximum atomic E-state index is 13.7. The Hall–Kier alpha value is -3.29. The summed E-state index contributed by atoms with van der Waals surface area (Å²) in [6.07, 6.45) is 4.21. The van der Waals surface area contributed by atoms with Crippen molar-refractivity contribution in [3.63, 3.8) is 0 Å². The molecule has 0 radical (unpaired) electrons. The molecule has 0 fully saturated rings. The zero-order chi connectivity index (χ0) is 18.3. The summed E-state index contributed by atoms with van der Waals surface area (Å²) in [5, 5.41) is 4.12. The molecular formula is C18H17FN6O. The lowest BCUT2D eigenvalue weighted by molar-refractivity contribution is 0.626. The lowest BCUT2D eigenvalue weighted by atomic mass is 10.2. The minimum absolute atomic E-state index is 0.223. The van der Waals surface area contributed by atoms with Crippen molar-refractivity contribution in [2.24, 2.45) is 7.05 Å². The summed E-state index contributed by atoms with van der Waals surface area (Å²) in [6, 6.07) is 6.06. The Balaban J connectivity index is 1.96. The number of nitrogens with one attached hydrogen (secondary N) is 1. The van der Waals surface area contributed by atoms with E-state index in [0.717, 1.165) is 12.0 Å². The van der Waals surface area contributed by atoms with Crippen molar-refractivity contribution in [2.45, 2.75) is 19.9 Å². The number of aryl methyl sites for hydroxylation is 1. The Morgan fingerprint density at radius 3 is 2.77 bits per heavy atom. The average molecular weight is 352 g/mol. The number of halogens is 1. The van der Waals surface area contributed by atoms with E-state index in [0.29, 0.717) is 34.9 Å². The highest BCUT2D eigenvalue weighted by atomic mass is 19.1. The van der Waals surface area contributed by atoms with Crippen molar-refractivity contribution in [2.75, 3.05) is 0 Å². The van der Waals surface area contributed by atoms with E-state index in [1.165, 1.54) is 12.1 Å². The predicted octanol–water partition coefficient (Wildman–Crippen LogP) is 2.74. The highest BCUT2D eigenvalue weighted by molar-refractivity contribution is 5.77. The highest BCUT2D eigenvalue weighted by Crippen LogP contribution is 2.22. The van der Waals surface area contributed by atoms with Crippen molar-refractivity contribution in [1.29, 1.82) is 0 Å². The van der Waals surface area contributed by atoms with E-state index in [1.807, 2.05) is 6.92 Å². The van der Waals surface area contributed by atoms with Gasteiger partial charge in [0, 0.05) is 25.4 Å². The molecule has 0 amide bonds. The molecule has 26 heavy (non-hydrogen) atoms. The van der Waals surface area contributed by atoms with Gasteiger partial charge in [0.1, 0.15) is 17.5 Å². The molecule has 0 unspecified atom stereocenters. The normalized spacial score (nSPS) is 11.3. The number of fused-ring (bicyclic) bond motifs is 1. The van der Waals surface area contributed by atoms with Gasteiger partial charge in [-0.15, -0.1) is 0 Å². The summed E-state index contributed by atoms with van der Waals surface area (Å²) in [4.78, 5) is 25.0. The molecule has 8 heteroatoms. The van der Waals surface area contributed by atoms with Gasteiger partial charge in [0.25, 0.3) is 5.56 Å². The molecule has 0 spiro atoms. The molecule has 0 atom stereocenters. The molecule has 1 aromatic carbocycles. The quantitative estimate of drug-likeness (QED) is 0.612. The van der Waals surface area contributed by atoms with Crippen LogP contribution in [-0.2, 0) is 13.6 Å². The monoisotopic (exact) mass is 352 g/mol. The van der Waals surface area contributed by atoms with Gasteiger partial charge >= 0.3 is 0 Å². The van der Waals surface area contributed by atoms with E-state index >= 15 is 0 Å². The molecule has 0 aliphatic rings. The van der Waals surface area contributed by atoms with E-state index < -0.39 is 0 Å². The lowest BCUT2D eigenvalue weighted by Gasteiger charge is -2.11. The van der Waals surface area contributed by atoms with Gasteiger partial charge in [-0.05, 0) is 18.6 Å². The fourth-order valence-electron chi connectivity index (χ4n) is 2.95. The summed E-state index contributed by atoms with van der Waals surface area (Å²) >= 11 is 0. The van der Waals surface area contributed by atoms with E-state index in [4.69, 9.17) is 0 Å². The maximum absolute atomic E-state index is 13.7. The van der Waals surface area contributed by atoms with E-state index in [-0.39, 0.29) is 11.4 Å². The Bertz CT molecular complexity index is 1160. The van der Waals surface area contributed by atoms with Crippen LogP contribution in [0.2, 0.25) is 0 Å². The summed E-state index contributed by atoms with van der Waals surface area (Å²) < 4.78 is 16.9. The van der Waals surface area contributed by atoms with Crippen LogP contribution < -0.4 is 5.56 Å². The Kier molecular flexibility index (Phi) is 3.87. The van der Waals surface area contributed by atoms with Crippen LogP contribution in [0.25, 0.3) is 33.9 Å². The van der Waals surface area contributed by atoms with Crippen molar-refractivity contribution in [1.82, 2.24) is 29.3 Å². The molecule has 0 saturated carbocycles. The first-order chi connectivity index (χ1) is 12.6. The fraction of sp³-hybridized carbons (Fsp3) is 0.222. The zero-order valence-corrected chi connectivity index (χ0v) is 14.4. The van der Waals surface area contributed by atoms with Crippen molar-refractivity contribution >= 4 is 11.2 Å². The second-order valence-corrected chi connectivity index (χ2v) is 6.09. The fourth-order valence-corrected chi connectivity index (χ4v) is 2.95. The van der Waals surface area contributed by atoms with E-state index in [9.17, 15) is 9.18 Å². The van der Waals surface area contributed by atoms with Gasteiger partial charge in [-0.1, -0.05) is 19.1 Å². The van der Waals surface area contributed by atoms with Crippen LogP contribution in [0.15, 0.2) is 41.5 Å². The Morgan fingerprint density at radius 2 is 2.08 bits per heavy atom. The molecule has 4 rings (SSSR count). The first-order valence-electron chi connectivity index (χ1n) is 8.32. The van der Waals surface area contributed by atoms with Gasteiger partial charge in [0.05, 0.1) is 11.8 Å². The summed E-state index contributed by atoms with van der Waals surface area (Å²) in [5.41, 5.74) is 1.72. The number of hydrogen-bond acceptors (Lipinski definition) is 4. The molecule has 0 bridgehead atoms. The van der Waals surface area contributed by atoms with Crippen LogP contribution in [0.5, 0.6) is 0 Å². The number of aromatic amines is 1. The number of imidazole rings is 1. The summed E-state index contributed by atoms with van der Waals surface area (Å²) in [5.74, 6) is 0.559. The maximum Gasteiger partial charge on any atom is 0.279 e. The largest absolute Gasteiger partial charge is 0.332 e. The molecular weight excluding hydrogens is 335 g/mol. The van der Waals surface area contributed by atoms with Gasteiger partial charge in [-0.25, -0.2) is 14.4 Å². The third-order valence-corrected chi connectivity index (χ3v) is 4.12. The number of H-pyrrole nitrogens is 1. The molecule has 7 nitrogen and oxygen atoms in total. The van der Waals surface area contributed by atoms with Crippen LogP contribution in [0.1, 0.15) is 13.3 Å². The van der Waals surface area contributed by atoms with Crippen LogP contribution in [-0.4, -0.2) is 29.3 Å². The zero-order valence-electron chi connectivity index (χ0n) is 14.4. The van der Waals surface area contributed by atoms with Gasteiger partial charge in [-0.2, -0.15) is 5.10 Å². The smallest absolute Gasteiger partial charge is 0.279 e. The lowest BCUT2D eigenvalue weighted by Crippen LogP contribution is -2.23. The van der Waals surface area contributed by atoms with E-state index in [2.05, 4.69) is 20.1 Å². The molecule has 3 heterocycles. The number of hydrogen-bond donors (Lipinski definition) is 1. The van der Waals surface area contributed by atoms with Gasteiger partial charge in [-0.3, -0.25) is 14.0 Å². The SMILES string of the molecule is CCCn1c(-c2cccc(F)c2)nc2nc(-c3cnn(C)c3)[nH]c2c1=O. The average Bonchev–Trinajstić information content (AvgIpc) is 3.23. The van der Waals surface area contributed by atoms with Crippen LogP contribution >= 0.6 is 0 Å². The summed E-state index contributed by atoms with van der Waals surface area (Å²) in [6.45, 7) is 2.45. The molecule has 132 valence electrons. The van der Waals surface area contributed by atoms with Crippen molar-refractivity contribution in [3.8, 4) is 22.8 Å². The molecule has 3 aromatic heterocycles. The molecule has 4 aromatic rings. The highest BCUT2D eigenvalue weighted by Gasteiger charge is 2.17. The molecule has 0 aliphatic carbocycles. The van der Waals surface area contributed by atoms with Crippen LogP contribution in [0.4, 0.5) is 4.39 Å². The molecule has 0 aliphatic heterocycles. The first-order valence-corrected chi connectivity index (χ1v) is 8.32. The Morgan fingerprint density at radius 1 is 1.23 bits per heavy atom. The standard InChI is InChI=1S/C18H17FN6O/c1-3-7-25-17(11-5-4-6-13(19)8-11)23-16-14(18(25)26)21-15(22-16)12-9-20-24(2)10-12/h4-6,8-10H,3,7H2,1-2H3,(H,21,22). The van der Waals surface area contributed by atoms with Crippen molar-refractivity contribution in [3.05, 3.63) is 52.8 Å². The third kappa shape index (κ3) is 2.69. The van der Waals surface area contributed by atoms with E-state index in [1.54, 1.807) is 40.8 Å². The van der Waals surface area contributed by atoms with Crippen LogP contribution in [0, 0.1) is 5.82 Å². The second-order valence-electron chi connectivity index (χ2n) is 6.09. The van der Waals surface area contributed by atoms with Gasteiger partial charge < -0.3 is 4.98 Å². The predicted molar refractivity (Wildman–Crippen MR) is 96.0 cm³/mol. The molecule has 0 saturated heterocycles. The topological polar surface area (TPSA) is 81.4 Å². The number of rotatable bonds is 4. The number of benzene rings is 1. The summed E-state index contributed by atoms with van der Waals surface area (Å²) in [7, 11) is 1.81. The molecule has 1 N–H and O–H groups in total. The number of nitrogens with zero attached hydrogens (tertiary/aromatic N) is 5. The second kappa shape index (κ2) is 6.21.